The van der Waals surface area contributed by atoms with Crippen LogP contribution >= 0.6 is 19.4 Å². The summed E-state index contributed by atoms with van der Waals surface area (Å²) in [5, 5.41) is 7.23. The maximum atomic E-state index is 12.7. The number of unbranched alkanes of at least 4 members (excludes halogenated alkanes) is 7. The van der Waals surface area contributed by atoms with Crippen molar-refractivity contribution in [2.75, 3.05) is 18.1 Å². The molecule has 0 aromatic heterocycles. The lowest BCUT2D eigenvalue weighted by Crippen LogP contribution is -2.39. The van der Waals surface area contributed by atoms with Gasteiger partial charge in [0.05, 0.1) is 6.10 Å². The van der Waals surface area contributed by atoms with Crippen molar-refractivity contribution in [3.05, 3.63) is 0 Å². The molecule has 1 aliphatic rings. The summed E-state index contributed by atoms with van der Waals surface area (Å²) in [6.07, 6.45) is 23.3. The fourth-order valence-electron chi connectivity index (χ4n) is 5.70. The van der Waals surface area contributed by atoms with E-state index in [9.17, 15) is 19.4 Å². The molecule has 1 rings (SSSR count). The van der Waals surface area contributed by atoms with Gasteiger partial charge in [-0.2, -0.15) is 11.8 Å². The molecule has 4 atom stereocenters. The van der Waals surface area contributed by atoms with Crippen molar-refractivity contribution in [1.82, 2.24) is 0 Å². The van der Waals surface area contributed by atoms with Crippen LogP contribution in [0.2, 0.25) is 0 Å². The van der Waals surface area contributed by atoms with Gasteiger partial charge in [0.15, 0.2) is 0 Å². The Morgan fingerprint density at radius 1 is 0.897 bits per heavy atom. The molecular formula is C31H61O6PS. The van der Waals surface area contributed by atoms with E-state index in [2.05, 4.69) is 18.7 Å². The zero-order chi connectivity index (χ0) is 29.0. The standard InChI is InChI=1S/C31H61O6PS/c1-5-7-14-20-29(28-21-16-11-12-17-22-28)23-26-39-25-18-13-9-8-10-15-19-27(3)37-38(34,35)31(4,30(32)33)36-24-6-2/h27-29H,5-26H2,1-4H3,(H,32,33)(H,34,35). The number of carboxylic acid groups (broad SMARTS) is 1. The first-order valence-electron chi connectivity index (χ1n) is 16.1. The third-order valence-corrected chi connectivity index (χ3v) is 11.5. The average Bonchev–Trinajstić information content (AvgIpc) is 3.18. The Morgan fingerprint density at radius 2 is 1.51 bits per heavy atom. The molecule has 0 aromatic carbocycles. The topological polar surface area (TPSA) is 93.1 Å². The summed E-state index contributed by atoms with van der Waals surface area (Å²) in [5.41, 5.74) is 0. The largest absolute Gasteiger partial charge is 0.479 e. The van der Waals surface area contributed by atoms with Crippen molar-refractivity contribution in [2.45, 2.75) is 161 Å². The number of ether oxygens (including phenoxy) is 1. The second-order valence-corrected chi connectivity index (χ2v) is 15.2. The van der Waals surface area contributed by atoms with Crippen LogP contribution in [0.5, 0.6) is 0 Å². The van der Waals surface area contributed by atoms with Gasteiger partial charge in [0.1, 0.15) is 0 Å². The Labute approximate surface area is 244 Å². The van der Waals surface area contributed by atoms with E-state index in [4.69, 9.17) is 9.26 Å². The third kappa shape index (κ3) is 15.1. The minimum absolute atomic E-state index is 0.0869. The van der Waals surface area contributed by atoms with E-state index >= 15 is 0 Å². The van der Waals surface area contributed by atoms with E-state index in [0.29, 0.717) is 12.8 Å². The van der Waals surface area contributed by atoms with Crippen LogP contribution in [0.25, 0.3) is 0 Å². The van der Waals surface area contributed by atoms with Crippen LogP contribution in [0.15, 0.2) is 0 Å². The van der Waals surface area contributed by atoms with Gasteiger partial charge in [-0.05, 0) is 62.9 Å². The summed E-state index contributed by atoms with van der Waals surface area (Å²) < 4.78 is 23.3. The fourth-order valence-corrected chi connectivity index (χ4v) is 8.07. The molecule has 2 N–H and O–H groups in total. The Bertz CT molecular complexity index is 669. The second kappa shape index (κ2) is 21.6. The number of rotatable bonds is 24. The maximum Gasteiger partial charge on any atom is 0.371 e. The van der Waals surface area contributed by atoms with Gasteiger partial charge in [-0.3, -0.25) is 4.57 Å². The quantitative estimate of drug-likeness (QED) is 0.0654. The van der Waals surface area contributed by atoms with Crippen molar-refractivity contribution in [3.63, 3.8) is 0 Å². The van der Waals surface area contributed by atoms with Gasteiger partial charge < -0.3 is 19.3 Å². The van der Waals surface area contributed by atoms with Crippen molar-refractivity contribution in [1.29, 1.82) is 0 Å². The van der Waals surface area contributed by atoms with Gasteiger partial charge in [0.25, 0.3) is 5.34 Å². The first-order chi connectivity index (χ1) is 18.7. The molecule has 6 nitrogen and oxygen atoms in total. The van der Waals surface area contributed by atoms with Crippen LogP contribution < -0.4 is 0 Å². The molecule has 0 bridgehead atoms. The van der Waals surface area contributed by atoms with Crippen LogP contribution in [0.3, 0.4) is 0 Å². The van der Waals surface area contributed by atoms with Gasteiger partial charge >= 0.3 is 13.6 Å². The molecule has 0 spiro atoms. The number of aliphatic carboxylic acids is 1. The summed E-state index contributed by atoms with van der Waals surface area (Å²) in [7, 11) is -4.48. The molecule has 4 unspecified atom stereocenters. The van der Waals surface area contributed by atoms with Crippen molar-refractivity contribution < 1.29 is 28.6 Å². The van der Waals surface area contributed by atoms with Gasteiger partial charge in [0, 0.05) is 6.61 Å². The zero-order valence-corrected chi connectivity index (χ0v) is 27.4. The lowest BCUT2D eigenvalue weighted by Gasteiger charge is -2.31. The van der Waals surface area contributed by atoms with Crippen LogP contribution in [-0.2, 0) is 18.6 Å². The van der Waals surface area contributed by atoms with E-state index in [1.807, 2.05) is 6.92 Å². The molecule has 1 fully saturated rings. The lowest BCUT2D eigenvalue weighted by atomic mass is 9.81. The molecule has 1 saturated carbocycles. The van der Waals surface area contributed by atoms with Crippen molar-refractivity contribution in [2.24, 2.45) is 11.8 Å². The predicted octanol–water partition coefficient (Wildman–Crippen LogP) is 9.83. The number of thioether (sulfide) groups is 1. The summed E-state index contributed by atoms with van der Waals surface area (Å²) in [6, 6.07) is 0. The molecule has 0 radical (unpaired) electrons. The predicted molar refractivity (Wildman–Crippen MR) is 166 cm³/mol. The monoisotopic (exact) mass is 592 g/mol. The Kier molecular flexibility index (Phi) is 20.5. The van der Waals surface area contributed by atoms with Crippen LogP contribution in [0.4, 0.5) is 0 Å². The smallest absolute Gasteiger partial charge is 0.371 e. The SMILES string of the molecule is CCCCCC(CCSCCCCCCCCC(C)OP(=O)(O)C(C)(OCCC)C(=O)O)C1CCCCCC1. The minimum atomic E-state index is -4.48. The molecule has 0 aliphatic heterocycles. The molecule has 232 valence electrons. The Morgan fingerprint density at radius 3 is 2.13 bits per heavy atom. The molecular weight excluding hydrogens is 531 g/mol. The average molecular weight is 593 g/mol. The normalized spacial score (nSPS) is 19.6. The van der Waals surface area contributed by atoms with Crippen LogP contribution in [-0.4, -0.2) is 45.5 Å². The van der Waals surface area contributed by atoms with E-state index in [1.54, 1.807) is 6.92 Å². The highest BCUT2D eigenvalue weighted by atomic mass is 32.2. The van der Waals surface area contributed by atoms with Gasteiger partial charge in [0.2, 0.25) is 0 Å². The summed E-state index contributed by atoms with van der Waals surface area (Å²) in [4.78, 5) is 22.0. The molecule has 0 heterocycles. The van der Waals surface area contributed by atoms with Gasteiger partial charge in [-0.25, -0.2) is 4.79 Å². The molecule has 0 aromatic rings. The van der Waals surface area contributed by atoms with E-state index in [1.165, 1.54) is 101 Å². The highest BCUT2D eigenvalue weighted by molar-refractivity contribution is 7.99. The van der Waals surface area contributed by atoms with Crippen LogP contribution in [0.1, 0.15) is 150 Å². The zero-order valence-electron chi connectivity index (χ0n) is 25.7. The number of hydrogen-bond donors (Lipinski definition) is 2. The van der Waals surface area contributed by atoms with Crippen LogP contribution in [0, 0.1) is 11.8 Å². The number of carbonyl (C=O) groups is 1. The van der Waals surface area contributed by atoms with Crippen molar-refractivity contribution >= 4 is 25.3 Å². The highest BCUT2D eigenvalue weighted by Gasteiger charge is 2.54. The van der Waals surface area contributed by atoms with E-state index < -0.39 is 25.0 Å². The Hall–Kier alpha value is -0.0700. The summed E-state index contributed by atoms with van der Waals surface area (Å²) >= 11 is 2.16. The first kappa shape index (κ1) is 37.0. The Balaban J connectivity index is 2.16. The maximum absolute atomic E-state index is 12.7. The van der Waals surface area contributed by atoms with Gasteiger partial charge in [-0.15, -0.1) is 0 Å². The van der Waals surface area contributed by atoms with Gasteiger partial charge in [-0.1, -0.05) is 110 Å². The lowest BCUT2D eigenvalue weighted by molar-refractivity contribution is -0.155. The molecule has 8 heteroatoms. The molecule has 39 heavy (non-hydrogen) atoms. The van der Waals surface area contributed by atoms with E-state index in [-0.39, 0.29) is 6.61 Å². The summed E-state index contributed by atoms with van der Waals surface area (Å²) in [5.74, 6) is 3.06. The van der Waals surface area contributed by atoms with E-state index in [0.717, 1.165) is 38.0 Å². The second-order valence-electron chi connectivity index (χ2n) is 11.9. The molecule has 0 saturated heterocycles. The highest BCUT2D eigenvalue weighted by Crippen LogP contribution is 2.57. The van der Waals surface area contributed by atoms with Crippen molar-refractivity contribution in [3.8, 4) is 0 Å². The number of hydrogen-bond acceptors (Lipinski definition) is 5. The minimum Gasteiger partial charge on any atom is -0.479 e. The molecule has 1 aliphatic carbocycles. The number of carboxylic acids is 1. The first-order valence-corrected chi connectivity index (χ1v) is 18.9. The third-order valence-electron chi connectivity index (χ3n) is 8.37. The summed E-state index contributed by atoms with van der Waals surface area (Å²) in [6.45, 7) is 7.07. The molecule has 0 amide bonds. The fraction of sp³-hybridized carbons (Fsp3) is 0.968.